The van der Waals surface area contributed by atoms with Crippen LogP contribution in [0, 0.1) is 0 Å². The van der Waals surface area contributed by atoms with E-state index in [1.165, 1.54) is 24.8 Å². The number of nitrogens with zero attached hydrogens (tertiary/aromatic N) is 2. The number of aromatic nitrogens is 1. The molecule has 0 N–H and O–H groups in total. The summed E-state index contributed by atoms with van der Waals surface area (Å²) >= 11 is 0. The van der Waals surface area contributed by atoms with E-state index in [1.54, 1.807) is 6.20 Å². The van der Waals surface area contributed by atoms with Crippen LogP contribution in [0.1, 0.15) is 56.7 Å². The predicted molar refractivity (Wildman–Crippen MR) is 86.0 cm³/mol. The Morgan fingerprint density at radius 1 is 1.32 bits per heavy atom. The van der Waals surface area contributed by atoms with Gasteiger partial charge in [0, 0.05) is 30.0 Å². The zero-order chi connectivity index (χ0) is 15.4. The zero-order valence-corrected chi connectivity index (χ0v) is 13.5. The SMILES string of the molecule is CCC1CCCCN1C(=O)COc1ccnc2c1CCCC2. The molecule has 22 heavy (non-hydrogen) atoms. The van der Waals surface area contributed by atoms with Gasteiger partial charge >= 0.3 is 0 Å². The summed E-state index contributed by atoms with van der Waals surface area (Å²) < 4.78 is 5.88. The molecule has 3 rings (SSSR count). The first kappa shape index (κ1) is 15.3. The van der Waals surface area contributed by atoms with E-state index in [2.05, 4.69) is 11.9 Å². The number of pyridine rings is 1. The molecule has 4 nitrogen and oxygen atoms in total. The van der Waals surface area contributed by atoms with Crippen molar-refractivity contribution in [1.29, 1.82) is 0 Å². The molecule has 1 aromatic heterocycles. The van der Waals surface area contributed by atoms with Crippen molar-refractivity contribution in [3.8, 4) is 5.75 Å². The maximum absolute atomic E-state index is 12.5. The summed E-state index contributed by atoms with van der Waals surface area (Å²) in [5, 5.41) is 0. The second kappa shape index (κ2) is 7.12. The molecule has 1 aliphatic heterocycles. The van der Waals surface area contributed by atoms with Gasteiger partial charge in [-0.1, -0.05) is 6.92 Å². The first-order chi connectivity index (χ1) is 10.8. The Bertz CT molecular complexity index is 530. The fourth-order valence-electron chi connectivity index (χ4n) is 3.70. The summed E-state index contributed by atoms with van der Waals surface area (Å²) in [5.41, 5.74) is 2.37. The molecular formula is C18H26N2O2. The molecule has 0 aromatic carbocycles. The van der Waals surface area contributed by atoms with E-state index in [4.69, 9.17) is 4.74 Å². The summed E-state index contributed by atoms with van der Waals surface area (Å²) in [6, 6.07) is 2.31. The third-order valence-electron chi connectivity index (χ3n) is 4.96. The first-order valence-corrected chi connectivity index (χ1v) is 8.68. The van der Waals surface area contributed by atoms with Crippen LogP contribution in [0.15, 0.2) is 12.3 Å². The number of aryl methyl sites for hydroxylation is 1. The van der Waals surface area contributed by atoms with Gasteiger partial charge in [0.25, 0.3) is 5.91 Å². The molecule has 1 atom stereocenters. The number of likely N-dealkylation sites (tertiary alicyclic amines) is 1. The van der Waals surface area contributed by atoms with Gasteiger partial charge in [0.05, 0.1) is 0 Å². The first-order valence-electron chi connectivity index (χ1n) is 8.68. The van der Waals surface area contributed by atoms with Crippen molar-refractivity contribution in [2.45, 2.75) is 64.3 Å². The Hall–Kier alpha value is -1.58. The van der Waals surface area contributed by atoms with Crippen molar-refractivity contribution < 1.29 is 9.53 Å². The Morgan fingerprint density at radius 2 is 2.18 bits per heavy atom. The van der Waals surface area contributed by atoms with Crippen molar-refractivity contribution in [3.05, 3.63) is 23.5 Å². The van der Waals surface area contributed by atoms with Crippen LogP contribution < -0.4 is 4.74 Å². The fourth-order valence-corrected chi connectivity index (χ4v) is 3.70. The number of hydrogen-bond acceptors (Lipinski definition) is 3. The maximum atomic E-state index is 12.5. The second-order valence-corrected chi connectivity index (χ2v) is 6.38. The third-order valence-corrected chi connectivity index (χ3v) is 4.96. The van der Waals surface area contributed by atoms with Gasteiger partial charge in [0.1, 0.15) is 5.75 Å². The van der Waals surface area contributed by atoms with Gasteiger partial charge in [-0.2, -0.15) is 0 Å². The predicted octanol–water partition coefficient (Wildman–Crippen LogP) is 3.13. The minimum atomic E-state index is 0.132. The normalized spacial score (nSPS) is 21.3. The van der Waals surface area contributed by atoms with Crippen LogP contribution in [0.5, 0.6) is 5.75 Å². The van der Waals surface area contributed by atoms with Crippen molar-refractivity contribution in [1.82, 2.24) is 9.88 Å². The highest BCUT2D eigenvalue weighted by Crippen LogP contribution is 2.28. The second-order valence-electron chi connectivity index (χ2n) is 6.38. The Balaban J connectivity index is 1.63. The summed E-state index contributed by atoms with van der Waals surface area (Å²) in [6.07, 6.45) is 10.8. The Labute approximate surface area is 132 Å². The summed E-state index contributed by atoms with van der Waals surface area (Å²) in [7, 11) is 0. The summed E-state index contributed by atoms with van der Waals surface area (Å²) in [5.74, 6) is 0.996. The van der Waals surface area contributed by atoms with Crippen LogP contribution in [0.3, 0.4) is 0 Å². The average Bonchev–Trinajstić information content (AvgIpc) is 2.59. The molecule has 4 heteroatoms. The minimum absolute atomic E-state index is 0.132. The van der Waals surface area contributed by atoms with Crippen molar-refractivity contribution in [2.24, 2.45) is 0 Å². The Kier molecular flexibility index (Phi) is 4.96. The lowest BCUT2D eigenvalue weighted by molar-refractivity contribution is -0.137. The van der Waals surface area contributed by atoms with Crippen molar-refractivity contribution in [2.75, 3.05) is 13.2 Å². The molecule has 0 saturated carbocycles. The molecule has 1 unspecified atom stereocenters. The summed E-state index contributed by atoms with van der Waals surface area (Å²) in [6.45, 7) is 3.21. The molecular weight excluding hydrogens is 276 g/mol. The standard InChI is InChI=1S/C18H26N2O2/c1-2-14-7-5-6-12-20(14)18(21)13-22-17-10-11-19-16-9-4-3-8-15(16)17/h10-11,14H,2-9,12-13H2,1H3. The van der Waals surface area contributed by atoms with Gasteiger partial charge in [-0.15, -0.1) is 0 Å². The number of carbonyl (C=O) groups excluding carboxylic acids is 1. The van der Waals surface area contributed by atoms with Crippen LogP contribution in [0.4, 0.5) is 0 Å². The molecule has 1 aliphatic carbocycles. The molecule has 1 fully saturated rings. The number of hydrogen-bond donors (Lipinski definition) is 0. The number of rotatable bonds is 4. The smallest absolute Gasteiger partial charge is 0.260 e. The quantitative estimate of drug-likeness (QED) is 0.858. The van der Waals surface area contributed by atoms with Gasteiger partial charge < -0.3 is 9.64 Å². The van der Waals surface area contributed by atoms with E-state index in [1.807, 2.05) is 11.0 Å². The molecule has 1 aromatic rings. The minimum Gasteiger partial charge on any atom is -0.483 e. The average molecular weight is 302 g/mol. The van der Waals surface area contributed by atoms with Gasteiger partial charge in [-0.05, 0) is 57.4 Å². The van der Waals surface area contributed by atoms with Gasteiger partial charge in [-0.3, -0.25) is 9.78 Å². The fraction of sp³-hybridized carbons (Fsp3) is 0.667. The van der Waals surface area contributed by atoms with Gasteiger partial charge in [-0.25, -0.2) is 0 Å². The third kappa shape index (κ3) is 3.26. The lowest BCUT2D eigenvalue weighted by Gasteiger charge is -2.35. The topological polar surface area (TPSA) is 42.4 Å². The molecule has 0 bridgehead atoms. The highest BCUT2D eigenvalue weighted by molar-refractivity contribution is 5.78. The number of fused-ring (bicyclic) bond motifs is 1. The van der Waals surface area contributed by atoms with Crippen LogP contribution in [-0.4, -0.2) is 35.0 Å². The van der Waals surface area contributed by atoms with Gasteiger partial charge in [0.2, 0.25) is 0 Å². The molecule has 2 aliphatic rings. The van der Waals surface area contributed by atoms with E-state index in [0.29, 0.717) is 6.04 Å². The number of carbonyl (C=O) groups is 1. The maximum Gasteiger partial charge on any atom is 0.260 e. The number of ether oxygens (including phenoxy) is 1. The van der Waals surface area contributed by atoms with Crippen LogP contribution in [0.25, 0.3) is 0 Å². The van der Waals surface area contributed by atoms with Crippen LogP contribution >= 0.6 is 0 Å². The van der Waals surface area contributed by atoms with E-state index in [0.717, 1.165) is 50.1 Å². The molecule has 2 heterocycles. The van der Waals surface area contributed by atoms with Crippen molar-refractivity contribution >= 4 is 5.91 Å². The van der Waals surface area contributed by atoms with Crippen molar-refractivity contribution in [3.63, 3.8) is 0 Å². The van der Waals surface area contributed by atoms with E-state index >= 15 is 0 Å². The zero-order valence-electron chi connectivity index (χ0n) is 13.5. The molecule has 1 saturated heterocycles. The largest absolute Gasteiger partial charge is 0.483 e. The number of piperidine rings is 1. The van der Waals surface area contributed by atoms with E-state index in [9.17, 15) is 4.79 Å². The summed E-state index contributed by atoms with van der Waals surface area (Å²) in [4.78, 5) is 19.0. The van der Waals surface area contributed by atoms with Crippen LogP contribution in [0.2, 0.25) is 0 Å². The monoisotopic (exact) mass is 302 g/mol. The lowest BCUT2D eigenvalue weighted by Crippen LogP contribution is -2.45. The molecule has 0 radical (unpaired) electrons. The Morgan fingerprint density at radius 3 is 3.05 bits per heavy atom. The molecule has 0 spiro atoms. The molecule has 120 valence electrons. The highest BCUT2D eigenvalue weighted by Gasteiger charge is 2.26. The van der Waals surface area contributed by atoms with E-state index < -0.39 is 0 Å². The van der Waals surface area contributed by atoms with Gasteiger partial charge in [0.15, 0.2) is 6.61 Å². The van der Waals surface area contributed by atoms with Crippen LogP contribution in [-0.2, 0) is 17.6 Å². The molecule has 1 amide bonds. The van der Waals surface area contributed by atoms with E-state index in [-0.39, 0.29) is 12.5 Å². The number of amides is 1. The lowest BCUT2D eigenvalue weighted by atomic mass is 9.95. The highest BCUT2D eigenvalue weighted by atomic mass is 16.5.